The number of benzene rings is 1. The third-order valence-corrected chi connectivity index (χ3v) is 3.62. The fraction of sp³-hybridized carbons (Fsp3) is 0.562. The van der Waals surface area contributed by atoms with Crippen molar-refractivity contribution in [3.05, 3.63) is 35.9 Å². The molecule has 1 amide bonds. The molecule has 1 fully saturated rings. The summed E-state index contributed by atoms with van der Waals surface area (Å²) < 4.78 is 11.2. The second kappa shape index (κ2) is 5.54. The Morgan fingerprint density at radius 1 is 1.35 bits per heavy atom. The topological polar surface area (TPSA) is 47.6 Å². The second-order valence-electron chi connectivity index (χ2n) is 6.15. The Hall–Kier alpha value is -1.39. The van der Waals surface area contributed by atoms with Crippen LogP contribution in [0.15, 0.2) is 30.3 Å². The van der Waals surface area contributed by atoms with Gasteiger partial charge in [0, 0.05) is 6.54 Å². The van der Waals surface area contributed by atoms with Gasteiger partial charge in [-0.05, 0) is 33.3 Å². The third kappa shape index (κ3) is 3.38. The highest BCUT2D eigenvalue weighted by molar-refractivity contribution is 5.87. The number of amides is 1. The van der Waals surface area contributed by atoms with Crippen LogP contribution in [0.1, 0.15) is 33.3 Å². The molecular formula is C16H23NO3. The van der Waals surface area contributed by atoms with Gasteiger partial charge in [-0.15, -0.1) is 0 Å². The molecule has 1 aromatic carbocycles. The molecule has 0 radical (unpaired) electrons. The predicted molar refractivity (Wildman–Crippen MR) is 77.4 cm³/mol. The van der Waals surface area contributed by atoms with Crippen LogP contribution in [0.25, 0.3) is 0 Å². The standard InChI is InChI=1S/C16H23NO3/c1-15(2,12-8-6-5-7-9-12)14(18)17-10-13-11-19-16(3,4)20-13/h5-9,13H,10-11H2,1-4H3,(H,17,18). The lowest BCUT2D eigenvalue weighted by molar-refractivity contribution is -0.140. The largest absolute Gasteiger partial charge is 0.353 e. The smallest absolute Gasteiger partial charge is 0.230 e. The molecule has 1 N–H and O–H groups in total. The van der Waals surface area contributed by atoms with Gasteiger partial charge in [0.25, 0.3) is 0 Å². The van der Waals surface area contributed by atoms with Gasteiger partial charge in [0.2, 0.25) is 5.91 Å². The summed E-state index contributed by atoms with van der Waals surface area (Å²) in [7, 11) is 0. The van der Waals surface area contributed by atoms with Gasteiger partial charge < -0.3 is 14.8 Å². The van der Waals surface area contributed by atoms with Gasteiger partial charge in [0.15, 0.2) is 5.79 Å². The minimum Gasteiger partial charge on any atom is -0.353 e. The Balaban J connectivity index is 1.92. The fourth-order valence-electron chi connectivity index (χ4n) is 2.28. The van der Waals surface area contributed by atoms with Crippen molar-refractivity contribution in [3.8, 4) is 0 Å². The lowest BCUT2D eigenvalue weighted by Gasteiger charge is -2.25. The van der Waals surface area contributed by atoms with Gasteiger partial charge in [-0.1, -0.05) is 30.3 Å². The summed E-state index contributed by atoms with van der Waals surface area (Å²) in [6.07, 6.45) is -0.0828. The third-order valence-electron chi connectivity index (χ3n) is 3.62. The molecular weight excluding hydrogens is 254 g/mol. The van der Waals surface area contributed by atoms with Crippen molar-refractivity contribution in [2.24, 2.45) is 0 Å². The monoisotopic (exact) mass is 277 g/mol. The van der Waals surface area contributed by atoms with Crippen LogP contribution in [0.3, 0.4) is 0 Å². The molecule has 1 unspecified atom stereocenters. The van der Waals surface area contributed by atoms with Crippen molar-refractivity contribution in [1.29, 1.82) is 0 Å². The van der Waals surface area contributed by atoms with E-state index in [0.29, 0.717) is 13.2 Å². The molecule has 110 valence electrons. The second-order valence-corrected chi connectivity index (χ2v) is 6.15. The van der Waals surface area contributed by atoms with Crippen molar-refractivity contribution >= 4 is 5.91 Å². The van der Waals surface area contributed by atoms with E-state index < -0.39 is 11.2 Å². The van der Waals surface area contributed by atoms with Crippen LogP contribution in [0.5, 0.6) is 0 Å². The van der Waals surface area contributed by atoms with Gasteiger partial charge >= 0.3 is 0 Å². The molecule has 1 atom stereocenters. The summed E-state index contributed by atoms with van der Waals surface area (Å²) >= 11 is 0. The highest BCUT2D eigenvalue weighted by Crippen LogP contribution is 2.24. The summed E-state index contributed by atoms with van der Waals surface area (Å²) in [6.45, 7) is 8.59. The molecule has 1 aromatic rings. The number of carbonyl (C=O) groups excluding carboxylic acids is 1. The van der Waals surface area contributed by atoms with Crippen LogP contribution >= 0.6 is 0 Å². The molecule has 0 spiro atoms. The Kier molecular flexibility index (Phi) is 4.16. The van der Waals surface area contributed by atoms with E-state index in [1.54, 1.807) is 0 Å². The first-order chi connectivity index (χ1) is 9.31. The lowest BCUT2D eigenvalue weighted by atomic mass is 9.84. The maximum Gasteiger partial charge on any atom is 0.230 e. The molecule has 0 bridgehead atoms. The molecule has 0 aliphatic carbocycles. The van der Waals surface area contributed by atoms with Crippen molar-refractivity contribution in [1.82, 2.24) is 5.32 Å². The van der Waals surface area contributed by atoms with Gasteiger partial charge in [0.05, 0.1) is 12.0 Å². The summed E-state index contributed by atoms with van der Waals surface area (Å²) in [6, 6.07) is 9.78. The van der Waals surface area contributed by atoms with Crippen LogP contribution in [0.2, 0.25) is 0 Å². The molecule has 1 saturated heterocycles. The Bertz CT molecular complexity index is 468. The number of hydrogen-bond acceptors (Lipinski definition) is 3. The zero-order valence-corrected chi connectivity index (χ0v) is 12.6. The minimum atomic E-state index is -0.559. The quantitative estimate of drug-likeness (QED) is 0.918. The Morgan fingerprint density at radius 3 is 2.55 bits per heavy atom. The average Bonchev–Trinajstić information content (AvgIpc) is 2.76. The molecule has 0 saturated carbocycles. The van der Waals surface area contributed by atoms with Crippen LogP contribution in [0.4, 0.5) is 0 Å². The summed E-state index contributed by atoms with van der Waals surface area (Å²) in [4.78, 5) is 12.4. The Morgan fingerprint density at radius 2 is 2.00 bits per heavy atom. The molecule has 4 nitrogen and oxygen atoms in total. The van der Waals surface area contributed by atoms with Crippen molar-refractivity contribution in [2.45, 2.75) is 45.0 Å². The molecule has 2 rings (SSSR count). The van der Waals surface area contributed by atoms with Gasteiger partial charge in [0.1, 0.15) is 6.10 Å². The normalized spacial score (nSPS) is 21.7. The number of nitrogens with one attached hydrogen (secondary N) is 1. The number of ether oxygens (including phenoxy) is 2. The average molecular weight is 277 g/mol. The highest BCUT2D eigenvalue weighted by atomic mass is 16.7. The number of carbonyl (C=O) groups is 1. The van der Waals surface area contributed by atoms with E-state index in [2.05, 4.69) is 5.32 Å². The predicted octanol–water partition coefficient (Wildman–Crippen LogP) is 2.23. The highest BCUT2D eigenvalue weighted by Gasteiger charge is 2.34. The van der Waals surface area contributed by atoms with Crippen molar-refractivity contribution in [2.75, 3.05) is 13.2 Å². The van der Waals surface area contributed by atoms with Gasteiger partial charge in [-0.2, -0.15) is 0 Å². The summed E-state index contributed by atoms with van der Waals surface area (Å²) in [5, 5.41) is 2.96. The van der Waals surface area contributed by atoms with Crippen molar-refractivity contribution < 1.29 is 14.3 Å². The minimum absolute atomic E-state index is 0.00277. The first-order valence-corrected chi connectivity index (χ1v) is 6.97. The van der Waals surface area contributed by atoms with E-state index in [1.807, 2.05) is 58.0 Å². The molecule has 1 aliphatic rings. The van der Waals surface area contributed by atoms with Gasteiger partial charge in [-0.25, -0.2) is 0 Å². The first-order valence-electron chi connectivity index (χ1n) is 6.97. The van der Waals surface area contributed by atoms with Gasteiger partial charge in [-0.3, -0.25) is 4.79 Å². The van der Waals surface area contributed by atoms with Crippen molar-refractivity contribution in [3.63, 3.8) is 0 Å². The Labute approximate surface area is 120 Å². The van der Waals surface area contributed by atoms with E-state index >= 15 is 0 Å². The summed E-state index contributed by atoms with van der Waals surface area (Å²) in [5.41, 5.74) is 0.442. The van der Waals surface area contributed by atoms with Crippen LogP contribution < -0.4 is 5.32 Å². The molecule has 1 aliphatic heterocycles. The van der Waals surface area contributed by atoms with E-state index in [9.17, 15) is 4.79 Å². The van der Waals surface area contributed by atoms with E-state index in [1.165, 1.54) is 0 Å². The van der Waals surface area contributed by atoms with E-state index in [-0.39, 0.29) is 12.0 Å². The zero-order chi connectivity index (χ0) is 14.8. The van der Waals surface area contributed by atoms with Crippen LogP contribution in [0, 0.1) is 0 Å². The fourth-order valence-corrected chi connectivity index (χ4v) is 2.28. The van der Waals surface area contributed by atoms with E-state index in [4.69, 9.17) is 9.47 Å². The molecule has 0 aromatic heterocycles. The molecule has 20 heavy (non-hydrogen) atoms. The lowest BCUT2D eigenvalue weighted by Crippen LogP contribution is -2.43. The zero-order valence-electron chi connectivity index (χ0n) is 12.6. The first kappa shape index (κ1) is 15.0. The van der Waals surface area contributed by atoms with Crippen LogP contribution in [-0.4, -0.2) is 30.9 Å². The number of hydrogen-bond donors (Lipinski definition) is 1. The maximum atomic E-state index is 12.4. The molecule has 1 heterocycles. The molecule has 4 heteroatoms. The number of rotatable bonds is 4. The summed E-state index contributed by atoms with van der Waals surface area (Å²) in [5.74, 6) is -0.554. The SMILES string of the molecule is CC1(C)OCC(CNC(=O)C(C)(C)c2ccccc2)O1. The van der Waals surface area contributed by atoms with E-state index in [0.717, 1.165) is 5.56 Å². The van der Waals surface area contributed by atoms with Crippen LogP contribution in [-0.2, 0) is 19.7 Å². The maximum absolute atomic E-state index is 12.4.